The molecule has 1 atom stereocenters. The number of halogens is 1. The van der Waals surface area contributed by atoms with E-state index in [0.29, 0.717) is 11.7 Å². The van der Waals surface area contributed by atoms with Gasteiger partial charge >= 0.3 is 0 Å². The third-order valence-electron chi connectivity index (χ3n) is 3.14. The fraction of sp³-hybridized carbons (Fsp3) is 0.538. The van der Waals surface area contributed by atoms with E-state index >= 15 is 0 Å². The van der Waals surface area contributed by atoms with E-state index in [0.717, 1.165) is 13.1 Å². The summed E-state index contributed by atoms with van der Waals surface area (Å²) in [6.45, 7) is 8.13. The highest BCUT2D eigenvalue weighted by molar-refractivity contribution is 5.49. The first kappa shape index (κ1) is 11.4. The van der Waals surface area contributed by atoms with Gasteiger partial charge in [-0.05, 0) is 32.9 Å². The van der Waals surface area contributed by atoms with Gasteiger partial charge in [0.2, 0.25) is 0 Å². The van der Waals surface area contributed by atoms with Gasteiger partial charge in [-0.15, -0.1) is 0 Å². The van der Waals surface area contributed by atoms with Crippen LogP contribution in [-0.2, 0) is 0 Å². The van der Waals surface area contributed by atoms with E-state index in [-0.39, 0.29) is 11.4 Å². The quantitative estimate of drug-likeness (QED) is 0.785. The highest BCUT2D eigenvalue weighted by Gasteiger charge is 2.31. The van der Waals surface area contributed by atoms with Crippen LogP contribution in [0.2, 0.25) is 0 Å². The van der Waals surface area contributed by atoms with Crippen LogP contribution in [0.25, 0.3) is 0 Å². The minimum atomic E-state index is -0.132. The Kier molecular flexibility index (Phi) is 2.89. The number of rotatable bonds is 1. The maximum Gasteiger partial charge on any atom is 0.146 e. The Morgan fingerprint density at radius 2 is 2.06 bits per heavy atom. The van der Waals surface area contributed by atoms with Crippen LogP contribution in [0.1, 0.15) is 20.8 Å². The fourth-order valence-electron chi connectivity index (χ4n) is 2.18. The van der Waals surface area contributed by atoms with Crippen LogP contribution in [0.5, 0.6) is 0 Å². The SMILES string of the molecule is CC1CNC(C)(C)CN1c1ccccc1F. The zero-order valence-electron chi connectivity index (χ0n) is 10.1. The molecule has 0 aromatic heterocycles. The molecule has 0 bridgehead atoms. The van der Waals surface area contributed by atoms with Crippen molar-refractivity contribution in [3.63, 3.8) is 0 Å². The van der Waals surface area contributed by atoms with E-state index in [4.69, 9.17) is 0 Å². The molecule has 1 aliphatic heterocycles. The number of hydrogen-bond acceptors (Lipinski definition) is 2. The molecule has 1 aromatic carbocycles. The van der Waals surface area contributed by atoms with Gasteiger partial charge in [-0.25, -0.2) is 4.39 Å². The van der Waals surface area contributed by atoms with Crippen LogP contribution in [0.4, 0.5) is 10.1 Å². The van der Waals surface area contributed by atoms with Crippen molar-refractivity contribution in [3.05, 3.63) is 30.1 Å². The molecule has 0 aliphatic carbocycles. The summed E-state index contributed by atoms with van der Waals surface area (Å²) >= 11 is 0. The van der Waals surface area contributed by atoms with Crippen molar-refractivity contribution in [2.24, 2.45) is 0 Å². The average Bonchev–Trinajstić information content (AvgIpc) is 2.23. The molecular formula is C13H19FN2. The summed E-state index contributed by atoms with van der Waals surface area (Å²) in [6.07, 6.45) is 0. The maximum atomic E-state index is 13.7. The second kappa shape index (κ2) is 4.06. The molecule has 2 rings (SSSR count). The van der Waals surface area contributed by atoms with Crippen molar-refractivity contribution >= 4 is 5.69 Å². The molecule has 0 saturated carbocycles. The minimum absolute atomic E-state index is 0.0365. The topological polar surface area (TPSA) is 15.3 Å². The van der Waals surface area contributed by atoms with Crippen molar-refractivity contribution < 1.29 is 4.39 Å². The van der Waals surface area contributed by atoms with Crippen LogP contribution in [0.3, 0.4) is 0 Å². The lowest BCUT2D eigenvalue weighted by Gasteiger charge is -2.44. The molecular weight excluding hydrogens is 203 g/mol. The Labute approximate surface area is 96.5 Å². The van der Waals surface area contributed by atoms with E-state index in [1.807, 2.05) is 12.1 Å². The Bertz CT molecular complexity index is 376. The highest BCUT2D eigenvalue weighted by Crippen LogP contribution is 2.25. The van der Waals surface area contributed by atoms with Crippen molar-refractivity contribution in [1.82, 2.24) is 5.32 Å². The van der Waals surface area contributed by atoms with Crippen molar-refractivity contribution in [3.8, 4) is 0 Å². The number of nitrogens with zero attached hydrogens (tertiary/aromatic N) is 1. The largest absolute Gasteiger partial charge is 0.363 e. The first-order valence-electron chi connectivity index (χ1n) is 5.76. The zero-order valence-corrected chi connectivity index (χ0v) is 10.1. The Hall–Kier alpha value is -1.09. The third kappa shape index (κ3) is 2.19. The molecule has 88 valence electrons. The van der Waals surface area contributed by atoms with Crippen molar-refractivity contribution in [2.45, 2.75) is 32.4 Å². The van der Waals surface area contributed by atoms with Crippen LogP contribution in [0.15, 0.2) is 24.3 Å². The molecule has 0 radical (unpaired) electrons. The van der Waals surface area contributed by atoms with Gasteiger partial charge < -0.3 is 10.2 Å². The first-order valence-corrected chi connectivity index (χ1v) is 5.76. The number of benzene rings is 1. The second-order valence-electron chi connectivity index (χ2n) is 5.19. The first-order chi connectivity index (χ1) is 7.49. The number of para-hydroxylation sites is 1. The molecule has 1 fully saturated rings. The van der Waals surface area contributed by atoms with E-state index < -0.39 is 0 Å². The van der Waals surface area contributed by atoms with Gasteiger partial charge in [-0.1, -0.05) is 12.1 Å². The highest BCUT2D eigenvalue weighted by atomic mass is 19.1. The number of anilines is 1. The summed E-state index contributed by atoms with van der Waals surface area (Å²) in [6, 6.07) is 7.33. The summed E-state index contributed by atoms with van der Waals surface area (Å²) in [5, 5.41) is 3.46. The van der Waals surface area contributed by atoms with Gasteiger partial charge in [0, 0.05) is 24.7 Å². The standard InChI is InChI=1S/C13H19FN2/c1-10-8-15-13(2,3)9-16(10)12-7-5-4-6-11(12)14/h4-7,10,15H,8-9H2,1-3H3. The van der Waals surface area contributed by atoms with Gasteiger partial charge in [0.1, 0.15) is 5.82 Å². The minimum Gasteiger partial charge on any atom is -0.363 e. The Balaban J connectivity index is 2.28. The van der Waals surface area contributed by atoms with Gasteiger partial charge in [-0.2, -0.15) is 0 Å². The molecule has 2 nitrogen and oxygen atoms in total. The molecule has 1 aliphatic rings. The molecule has 0 amide bonds. The molecule has 1 N–H and O–H groups in total. The number of piperazine rings is 1. The van der Waals surface area contributed by atoms with Gasteiger partial charge in [0.25, 0.3) is 0 Å². The smallest absolute Gasteiger partial charge is 0.146 e. The zero-order chi connectivity index (χ0) is 11.8. The maximum absolute atomic E-state index is 13.7. The van der Waals surface area contributed by atoms with E-state index in [1.54, 1.807) is 6.07 Å². The summed E-state index contributed by atoms with van der Waals surface area (Å²) in [7, 11) is 0. The molecule has 1 aromatic rings. The lowest BCUT2D eigenvalue weighted by molar-refractivity contribution is 0.316. The molecule has 1 unspecified atom stereocenters. The van der Waals surface area contributed by atoms with E-state index in [2.05, 4.69) is 31.0 Å². The van der Waals surface area contributed by atoms with Crippen LogP contribution >= 0.6 is 0 Å². The summed E-state index contributed by atoms with van der Waals surface area (Å²) in [5.41, 5.74) is 0.749. The van der Waals surface area contributed by atoms with Crippen LogP contribution in [-0.4, -0.2) is 24.7 Å². The number of nitrogens with one attached hydrogen (secondary N) is 1. The molecule has 1 saturated heterocycles. The fourth-order valence-corrected chi connectivity index (χ4v) is 2.18. The Morgan fingerprint density at radius 1 is 1.38 bits per heavy atom. The average molecular weight is 222 g/mol. The molecule has 1 heterocycles. The lowest BCUT2D eigenvalue weighted by atomic mass is 9.98. The summed E-state index contributed by atoms with van der Waals surface area (Å²) in [5.74, 6) is -0.132. The Morgan fingerprint density at radius 3 is 2.75 bits per heavy atom. The van der Waals surface area contributed by atoms with E-state index in [9.17, 15) is 4.39 Å². The number of hydrogen-bond donors (Lipinski definition) is 1. The normalized spacial score (nSPS) is 24.5. The summed E-state index contributed by atoms with van der Waals surface area (Å²) in [4.78, 5) is 2.14. The van der Waals surface area contributed by atoms with Crippen LogP contribution in [0, 0.1) is 5.82 Å². The van der Waals surface area contributed by atoms with Gasteiger partial charge in [0.15, 0.2) is 0 Å². The van der Waals surface area contributed by atoms with Gasteiger partial charge in [-0.3, -0.25) is 0 Å². The van der Waals surface area contributed by atoms with Crippen LogP contribution < -0.4 is 10.2 Å². The third-order valence-corrected chi connectivity index (χ3v) is 3.14. The predicted molar refractivity (Wildman–Crippen MR) is 65.3 cm³/mol. The predicted octanol–water partition coefficient (Wildman–Crippen LogP) is 2.40. The molecule has 16 heavy (non-hydrogen) atoms. The monoisotopic (exact) mass is 222 g/mol. The van der Waals surface area contributed by atoms with E-state index in [1.165, 1.54) is 6.07 Å². The van der Waals surface area contributed by atoms with Crippen molar-refractivity contribution in [1.29, 1.82) is 0 Å². The second-order valence-corrected chi connectivity index (χ2v) is 5.19. The molecule has 0 spiro atoms. The van der Waals surface area contributed by atoms with Gasteiger partial charge in [0.05, 0.1) is 5.69 Å². The molecule has 3 heteroatoms. The lowest BCUT2D eigenvalue weighted by Crippen LogP contribution is -2.61. The summed E-state index contributed by atoms with van der Waals surface area (Å²) < 4.78 is 13.7. The van der Waals surface area contributed by atoms with Crippen molar-refractivity contribution in [2.75, 3.05) is 18.0 Å².